The summed E-state index contributed by atoms with van der Waals surface area (Å²) >= 11 is 0. The van der Waals surface area contributed by atoms with E-state index in [0.29, 0.717) is 18.0 Å². The van der Waals surface area contributed by atoms with Crippen molar-refractivity contribution in [2.75, 3.05) is 26.2 Å². The maximum absolute atomic E-state index is 11.1. The number of carbonyl (C=O) groups is 1. The smallest absolute Gasteiger partial charge is 0.374 e. The minimum atomic E-state index is -1.15. The van der Waals surface area contributed by atoms with Gasteiger partial charge in [0.15, 0.2) is 0 Å². The highest BCUT2D eigenvalue weighted by Crippen LogP contribution is 2.22. The molecule has 1 aromatic heterocycles. The van der Waals surface area contributed by atoms with Crippen LogP contribution >= 0.6 is 0 Å². The van der Waals surface area contributed by atoms with E-state index in [1.165, 1.54) is 12.8 Å². The number of nitrogens with zero attached hydrogens (tertiary/aromatic N) is 3. The fourth-order valence-corrected chi connectivity index (χ4v) is 2.53. The fourth-order valence-electron chi connectivity index (χ4n) is 2.53. The number of rotatable bonds is 5. The molecule has 0 saturated carbocycles. The highest BCUT2D eigenvalue weighted by atomic mass is 16.5. The summed E-state index contributed by atoms with van der Waals surface area (Å²) in [7, 11) is 0. The van der Waals surface area contributed by atoms with Gasteiger partial charge in [0.2, 0.25) is 11.7 Å². The molecule has 21 heavy (non-hydrogen) atoms. The molecule has 0 unspecified atom stereocenters. The lowest BCUT2D eigenvalue weighted by molar-refractivity contribution is 0.0682. The molecule has 0 radical (unpaired) electrons. The predicted octanol–water partition coefficient (Wildman–Crippen LogP) is 1.80. The summed E-state index contributed by atoms with van der Waals surface area (Å²) in [4.78, 5) is 21.5. The Labute approximate surface area is 122 Å². The summed E-state index contributed by atoms with van der Waals surface area (Å²) in [6.45, 7) is 3.54. The Hall–Kier alpha value is -2.21. The zero-order valence-corrected chi connectivity index (χ0v) is 11.7. The van der Waals surface area contributed by atoms with Crippen LogP contribution in [0.15, 0.2) is 24.3 Å². The first-order chi connectivity index (χ1) is 10.2. The zero-order chi connectivity index (χ0) is 14.7. The quantitative estimate of drug-likeness (QED) is 0.903. The van der Waals surface area contributed by atoms with Crippen LogP contribution in [0.5, 0.6) is 5.88 Å². The van der Waals surface area contributed by atoms with Gasteiger partial charge in [-0.2, -0.15) is 4.98 Å². The number of hydrogen-bond acceptors (Lipinski definition) is 5. The van der Waals surface area contributed by atoms with Gasteiger partial charge in [-0.15, -0.1) is 0 Å². The molecule has 1 N–H and O–H groups in total. The first-order valence-electron chi connectivity index (χ1n) is 7.09. The third kappa shape index (κ3) is 3.11. The molecule has 0 bridgehead atoms. The third-order valence-corrected chi connectivity index (χ3v) is 3.60. The average Bonchev–Trinajstić information content (AvgIpc) is 3.00. The van der Waals surface area contributed by atoms with Crippen molar-refractivity contribution in [2.45, 2.75) is 12.8 Å². The van der Waals surface area contributed by atoms with Crippen LogP contribution in [-0.4, -0.2) is 52.2 Å². The van der Waals surface area contributed by atoms with Crippen molar-refractivity contribution in [1.82, 2.24) is 14.9 Å². The Morgan fingerprint density at radius 2 is 2.00 bits per heavy atom. The number of aromatic carboxylic acids is 1. The van der Waals surface area contributed by atoms with E-state index in [1.54, 1.807) is 6.07 Å². The number of carboxylic acids is 1. The Morgan fingerprint density at radius 3 is 2.76 bits per heavy atom. The summed E-state index contributed by atoms with van der Waals surface area (Å²) in [6.07, 6.45) is 2.47. The van der Waals surface area contributed by atoms with Crippen molar-refractivity contribution in [1.29, 1.82) is 0 Å². The van der Waals surface area contributed by atoms with Gasteiger partial charge in [0.05, 0.1) is 10.9 Å². The molecule has 1 aliphatic heterocycles. The van der Waals surface area contributed by atoms with Crippen LogP contribution in [0, 0.1) is 0 Å². The van der Waals surface area contributed by atoms with Crippen LogP contribution < -0.4 is 4.74 Å². The zero-order valence-electron chi connectivity index (χ0n) is 11.7. The first-order valence-corrected chi connectivity index (χ1v) is 7.09. The van der Waals surface area contributed by atoms with Crippen molar-refractivity contribution in [2.24, 2.45) is 0 Å². The molecule has 2 aromatic rings. The van der Waals surface area contributed by atoms with Crippen molar-refractivity contribution < 1.29 is 14.6 Å². The lowest BCUT2D eigenvalue weighted by Crippen LogP contribution is -2.25. The maximum atomic E-state index is 11.1. The van der Waals surface area contributed by atoms with E-state index < -0.39 is 5.97 Å². The van der Waals surface area contributed by atoms with Crippen molar-refractivity contribution in [3.63, 3.8) is 0 Å². The van der Waals surface area contributed by atoms with Gasteiger partial charge in [-0.05, 0) is 38.1 Å². The molecule has 2 heterocycles. The van der Waals surface area contributed by atoms with E-state index in [-0.39, 0.29) is 5.82 Å². The summed E-state index contributed by atoms with van der Waals surface area (Å²) in [6, 6.07) is 7.28. The number of fused-ring (bicyclic) bond motifs is 1. The highest BCUT2D eigenvalue weighted by molar-refractivity contribution is 5.89. The van der Waals surface area contributed by atoms with Crippen LogP contribution in [0.1, 0.15) is 23.5 Å². The van der Waals surface area contributed by atoms with Crippen LogP contribution in [0.4, 0.5) is 0 Å². The van der Waals surface area contributed by atoms with Crippen LogP contribution in [0.2, 0.25) is 0 Å². The van der Waals surface area contributed by atoms with Gasteiger partial charge in [0.1, 0.15) is 6.61 Å². The van der Waals surface area contributed by atoms with Gasteiger partial charge in [0, 0.05) is 6.54 Å². The summed E-state index contributed by atoms with van der Waals surface area (Å²) < 4.78 is 5.72. The number of para-hydroxylation sites is 1. The molecule has 0 atom stereocenters. The molecule has 1 fully saturated rings. The fraction of sp³-hybridized carbons (Fsp3) is 0.400. The number of benzene rings is 1. The predicted molar refractivity (Wildman–Crippen MR) is 77.7 cm³/mol. The molecule has 0 aliphatic carbocycles. The molecular formula is C15H17N3O3. The topological polar surface area (TPSA) is 75.6 Å². The standard InChI is InChI=1S/C15H17N3O3/c19-15(20)13-16-12-6-2-1-5-11(12)14(17-13)21-10-9-18-7-3-4-8-18/h1-2,5-6H,3-4,7-10H2,(H,19,20). The Kier molecular flexibility index (Phi) is 3.96. The highest BCUT2D eigenvalue weighted by Gasteiger charge is 2.15. The number of hydrogen-bond donors (Lipinski definition) is 1. The maximum Gasteiger partial charge on any atom is 0.374 e. The molecule has 6 nitrogen and oxygen atoms in total. The average molecular weight is 287 g/mol. The van der Waals surface area contributed by atoms with E-state index >= 15 is 0 Å². The van der Waals surface area contributed by atoms with Gasteiger partial charge < -0.3 is 9.84 Å². The normalized spacial score (nSPS) is 15.4. The first kappa shape index (κ1) is 13.8. The second-order valence-electron chi connectivity index (χ2n) is 5.07. The van der Waals surface area contributed by atoms with Gasteiger partial charge in [0.25, 0.3) is 0 Å². The summed E-state index contributed by atoms with van der Waals surface area (Å²) in [5.74, 6) is -1.03. The largest absolute Gasteiger partial charge is 0.476 e. The van der Waals surface area contributed by atoms with E-state index in [2.05, 4.69) is 14.9 Å². The molecule has 3 rings (SSSR count). The Balaban J connectivity index is 1.80. The Morgan fingerprint density at radius 1 is 1.24 bits per heavy atom. The summed E-state index contributed by atoms with van der Waals surface area (Å²) in [5, 5.41) is 9.82. The van der Waals surface area contributed by atoms with Gasteiger partial charge in [-0.3, -0.25) is 4.90 Å². The molecule has 1 aliphatic rings. The molecule has 1 saturated heterocycles. The number of carboxylic acid groups (broad SMARTS) is 1. The summed E-state index contributed by atoms with van der Waals surface area (Å²) in [5.41, 5.74) is 0.584. The molecule has 1 aromatic carbocycles. The second-order valence-corrected chi connectivity index (χ2v) is 5.07. The van der Waals surface area contributed by atoms with Crippen LogP contribution in [0.25, 0.3) is 10.9 Å². The monoisotopic (exact) mass is 287 g/mol. The van der Waals surface area contributed by atoms with Gasteiger partial charge >= 0.3 is 5.97 Å². The minimum Gasteiger partial charge on any atom is -0.476 e. The van der Waals surface area contributed by atoms with E-state index in [1.807, 2.05) is 18.2 Å². The van der Waals surface area contributed by atoms with Crippen LogP contribution in [0.3, 0.4) is 0 Å². The SMILES string of the molecule is O=C(O)c1nc(OCCN2CCCC2)c2ccccc2n1. The molecule has 6 heteroatoms. The van der Waals surface area contributed by atoms with E-state index in [9.17, 15) is 4.79 Å². The van der Waals surface area contributed by atoms with E-state index in [0.717, 1.165) is 25.0 Å². The second kappa shape index (κ2) is 6.05. The van der Waals surface area contributed by atoms with Crippen molar-refractivity contribution >= 4 is 16.9 Å². The van der Waals surface area contributed by atoms with Gasteiger partial charge in [-0.25, -0.2) is 9.78 Å². The number of ether oxygens (including phenoxy) is 1. The molecule has 0 amide bonds. The lowest BCUT2D eigenvalue weighted by atomic mass is 10.2. The van der Waals surface area contributed by atoms with E-state index in [4.69, 9.17) is 9.84 Å². The van der Waals surface area contributed by atoms with Crippen molar-refractivity contribution in [3.05, 3.63) is 30.1 Å². The number of likely N-dealkylation sites (tertiary alicyclic amines) is 1. The third-order valence-electron chi connectivity index (χ3n) is 3.60. The van der Waals surface area contributed by atoms with Crippen molar-refractivity contribution in [3.8, 4) is 5.88 Å². The minimum absolute atomic E-state index is 0.232. The number of aromatic nitrogens is 2. The van der Waals surface area contributed by atoms with Crippen LogP contribution in [-0.2, 0) is 0 Å². The lowest BCUT2D eigenvalue weighted by Gasteiger charge is -2.15. The Bertz CT molecular complexity index is 654. The molecule has 0 spiro atoms. The molecule has 110 valence electrons. The molecular weight excluding hydrogens is 270 g/mol. The van der Waals surface area contributed by atoms with Gasteiger partial charge in [-0.1, -0.05) is 12.1 Å².